The van der Waals surface area contributed by atoms with Crippen molar-refractivity contribution >= 4 is 22.5 Å². The Bertz CT molecular complexity index is 1180. The van der Waals surface area contributed by atoms with Crippen LogP contribution < -0.4 is 10.1 Å². The number of amides is 1. The monoisotopic (exact) mass is 383 g/mol. The van der Waals surface area contributed by atoms with Crippen LogP contribution in [0.3, 0.4) is 0 Å². The highest BCUT2D eigenvalue weighted by atomic mass is 16.5. The standard InChI is InChI=1S/C24H21N3O2/c28-24(27-19-8-7-17-3-1-4-18(17)13-19)20-14-26-21-5-2-6-22(23(20)21)29-15-16-9-11-25-12-10-16/h2,5-14,26H,1,3-4,15H2,(H,27,28). The van der Waals surface area contributed by atoms with Gasteiger partial charge in [0, 0.05) is 29.8 Å². The molecule has 1 amide bonds. The van der Waals surface area contributed by atoms with Gasteiger partial charge < -0.3 is 15.0 Å². The number of aryl methyl sites for hydroxylation is 2. The molecule has 0 fully saturated rings. The molecule has 0 bridgehead atoms. The molecule has 5 heteroatoms. The summed E-state index contributed by atoms with van der Waals surface area (Å²) >= 11 is 0. The Hall–Kier alpha value is -3.60. The third kappa shape index (κ3) is 3.47. The van der Waals surface area contributed by atoms with Crippen molar-refractivity contribution < 1.29 is 9.53 Å². The van der Waals surface area contributed by atoms with E-state index in [2.05, 4.69) is 27.4 Å². The van der Waals surface area contributed by atoms with Gasteiger partial charge >= 0.3 is 0 Å². The van der Waals surface area contributed by atoms with Crippen LogP contribution in [0.1, 0.15) is 33.5 Å². The molecule has 2 aromatic heterocycles. The lowest BCUT2D eigenvalue weighted by molar-refractivity contribution is 0.102. The van der Waals surface area contributed by atoms with Crippen LogP contribution in [0, 0.1) is 0 Å². The molecular formula is C24H21N3O2. The highest BCUT2D eigenvalue weighted by molar-refractivity contribution is 6.14. The van der Waals surface area contributed by atoms with Crippen LogP contribution in [0.15, 0.2) is 67.1 Å². The van der Waals surface area contributed by atoms with Gasteiger partial charge in [0.05, 0.1) is 10.9 Å². The molecule has 0 spiro atoms. The molecule has 5 nitrogen and oxygen atoms in total. The van der Waals surface area contributed by atoms with Gasteiger partial charge in [-0.1, -0.05) is 12.1 Å². The molecule has 0 unspecified atom stereocenters. The topological polar surface area (TPSA) is 67.0 Å². The van der Waals surface area contributed by atoms with Crippen LogP contribution in [0.5, 0.6) is 5.75 Å². The maximum Gasteiger partial charge on any atom is 0.257 e. The summed E-state index contributed by atoms with van der Waals surface area (Å²) in [4.78, 5) is 20.2. The zero-order chi connectivity index (χ0) is 19.6. The molecule has 0 aliphatic heterocycles. The molecule has 0 atom stereocenters. The number of nitrogens with zero attached hydrogens (tertiary/aromatic N) is 1. The number of aromatic amines is 1. The van der Waals surface area contributed by atoms with Crippen LogP contribution in [-0.4, -0.2) is 15.9 Å². The number of H-pyrrole nitrogens is 1. The van der Waals surface area contributed by atoms with E-state index >= 15 is 0 Å². The van der Waals surface area contributed by atoms with Crippen molar-refractivity contribution in [3.8, 4) is 5.75 Å². The van der Waals surface area contributed by atoms with Crippen molar-refractivity contribution in [2.75, 3.05) is 5.32 Å². The van der Waals surface area contributed by atoms with E-state index in [-0.39, 0.29) is 5.91 Å². The Morgan fingerprint density at radius 1 is 1.07 bits per heavy atom. The normalized spacial score (nSPS) is 12.7. The fourth-order valence-electron chi connectivity index (χ4n) is 3.94. The molecule has 0 saturated carbocycles. The van der Waals surface area contributed by atoms with Crippen molar-refractivity contribution in [1.29, 1.82) is 0 Å². The number of nitrogens with one attached hydrogen (secondary N) is 2. The number of pyridine rings is 1. The quantitative estimate of drug-likeness (QED) is 0.516. The number of rotatable bonds is 5. The molecule has 0 saturated heterocycles. The van der Waals surface area contributed by atoms with Crippen LogP contribution in [0.2, 0.25) is 0 Å². The lowest BCUT2D eigenvalue weighted by Gasteiger charge is -2.10. The summed E-state index contributed by atoms with van der Waals surface area (Å²) in [6.07, 6.45) is 8.62. The van der Waals surface area contributed by atoms with Gasteiger partial charge in [-0.05, 0) is 72.4 Å². The van der Waals surface area contributed by atoms with Crippen molar-refractivity contribution in [2.24, 2.45) is 0 Å². The summed E-state index contributed by atoms with van der Waals surface area (Å²) in [5.74, 6) is 0.536. The Morgan fingerprint density at radius 3 is 2.83 bits per heavy atom. The van der Waals surface area contributed by atoms with E-state index in [0.717, 1.165) is 35.0 Å². The Balaban J connectivity index is 1.41. The molecule has 2 aromatic carbocycles. The third-order valence-electron chi connectivity index (χ3n) is 5.41. The Labute approximate surface area is 168 Å². The second-order valence-corrected chi connectivity index (χ2v) is 7.32. The minimum Gasteiger partial charge on any atom is -0.488 e. The first-order valence-electron chi connectivity index (χ1n) is 9.83. The van der Waals surface area contributed by atoms with E-state index in [9.17, 15) is 4.79 Å². The molecule has 1 aliphatic rings. The lowest BCUT2D eigenvalue weighted by Crippen LogP contribution is -2.12. The number of carbonyl (C=O) groups excluding carboxylic acids is 1. The highest BCUT2D eigenvalue weighted by Crippen LogP contribution is 2.31. The molecule has 0 radical (unpaired) electrons. The number of carbonyl (C=O) groups is 1. The number of fused-ring (bicyclic) bond motifs is 2. The number of hydrogen-bond donors (Lipinski definition) is 2. The van der Waals surface area contributed by atoms with Crippen molar-refractivity contribution in [1.82, 2.24) is 9.97 Å². The van der Waals surface area contributed by atoms with Gasteiger partial charge in [-0.15, -0.1) is 0 Å². The van der Waals surface area contributed by atoms with Crippen LogP contribution in [-0.2, 0) is 19.4 Å². The van der Waals surface area contributed by atoms with Crippen molar-refractivity contribution in [3.63, 3.8) is 0 Å². The van der Waals surface area contributed by atoms with Gasteiger partial charge in [-0.25, -0.2) is 0 Å². The van der Waals surface area contributed by atoms with E-state index in [1.165, 1.54) is 17.5 Å². The number of aromatic nitrogens is 2. The van der Waals surface area contributed by atoms with E-state index in [0.29, 0.717) is 17.9 Å². The second kappa shape index (κ2) is 7.43. The number of benzene rings is 2. The van der Waals surface area contributed by atoms with Crippen LogP contribution in [0.25, 0.3) is 10.9 Å². The van der Waals surface area contributed by atoms with E-state index in [1.54, 1.807) is 18.6 Å². The van der Waals surface area contributed by atoms with E-state index < -0.39 is 0 Å². The minimum absolute atomic E-state index is 0.144. The molecular weight excluding hydrogens is 362 g/mol. The Morgan fingerprint density at radius 2 is 1.93 bits per heavy atom. The average molecular weight is 383 g/mol. The SMILES string of the molecule is O=C(Nc1ccc2c(c1)CCC2)c1c[nH]c2cccc(OCc3ccncc3)c12. The van der Waals surface area contributed by atoms with E-state index in [4.69, 9.17) is 4.74 Å². The van der Waals surface area contributed by atoms with Crippen LogP contribution >= 0.6 is 0 Å². The molecule has 2 N–H and O–H groups in total. The van der Waals surface area contributed by atoms with Gasteiger partial charge in [-0.2, -0.15) is 0 Å². The first-order chi connectivity index (χ1) is 14.3. The molecule has 144 valence electrons. The fourth-order valence-corrected chi connectivity index (χ4v) is 3.94. The fraction of sp³-hybridized carbons (Fsp3) is 0.167. The summed E-state index contributed by atoms with van der Waals surface area (Å²) < 4.78 is 6.04. The highest BCUT2D eigenvalue weighted by Gasteiger charge is 2.17. The van der Waals surface area contributed by atoms with Gasteiger partial charge in [0.1, 0.15) is 12.4 Å². The molecule has 4 aromatic rings. The first-order valence-corrected chi connectivity index (χ1v) is 9.83. The molecule has 5 rings (SSSR count). The summed E-state index contributed by atoms with van der Waals surface area (Å²) in [7, 11) is 0. The van der Waals surface area contributed by atoms with E-state index in [1.807, 2.05) is 36.4 Å². The zero-order valence-electron chi connectivity index (χ0n) is 15.9. The lowest BCUT2D eigenvalue weighted by atomic mass is 10.1. The maximum absolute atomic E-state index is 13.0. The van der Waals surface area contributed by atoms with Crippen molar-refractivity contribution in [2.45, 2.75) is 25.9 Å². The summed E-state index contributed by atoms with van der Waals surface area (Å²) in [5.41, 5.74) is 6.03. The predicted octanol–water partition coefficient (Wildman–Crippen LogP) is 4.88. The Kier molecular flexibility index (Phi) is 4.48. The number of ether oxygens (including phenoxy) is 1. The zero-order valence-corrected chi connectivity index (χ0v) is 15.9. The first kappa shape index (κ1) is 17.5. The second-order valence-electron chi connectivity index (χ2n) is 7.32. The predicted molar refractivity (Wildman–Crippen MR) is 113 cm³/mol. The minimum atomic E-state index is -0.144. The van der Waals surface area contributed by atoms with Crippen molar-refractivity contribution in [3.05, 3.63) is 89.4 Å². The average Bonchev–Trinajstić information content (AvgIpc) is 3.40. The van der Waals surface area contributed by atoms with Gasteiger partial charge in [0.25, 0.3) is 5.91 Å². The summed E-state index contributed by atoms with van der Waals surface area (Å²) in [5, 5.41) is 3.84. The van der Waals surface area contributed by atoms with Gasteiger partial charge in [0.15, 0.2) is 0 Å². The van der Waals surface area contributed by atoms with Gasteiger partial charge in [0.2, 0.25) is 0 Å². The number of anilines is 1. The molecule has 29 heavy (non-hydrogen) atoms. The van der Waals surface area contributed by atoms with Crippen LogP contribution in [0.4, 0.5) is 5.69 Å². The maximum atomic E-state index is 13.0. The smallest absolute Gasteiger partial charge is 0.257 e. The summed E-state index contributed by atoms with van der Waals surface area (Å²) in [6.45, 7) is 0.415. The largest absolute Gasteiger partial charge is 0.488 e. The summed E-state index contributed by atoms with van der Waals surface area (Å²) in [6, 6.07) is 15.8. The number of hydrogen-bond acceptors (Lipinski definition) is 3. The molecule has 2 heterocycles. The molecule has 1 aliphatic carbocycles. The van der Waals surface area contributed by atoms with Gasteiger partial charge in [-0.3, -0.25) is 9.78 Å². The third-order valence-corrected chi connectivity index (χ3v) is 5.41.